The van der Waals surface area contributed by atoms with E-state index in [-0.39, 0.29) is 0 Å². The highest BCUT2D eigenvalue weighted by atomic mass is 16.5. The number of hydrogen-bond acceptors (Lipinski definition) is 2. The SMILES string of the molecule is COc1ccc(C#N)c(-c2cccc(C(C)C)c2)c1. The zero-order chi connectivity index (χ0) is 13.8. The van der Waals surface area contributed by atoms with Crippen LogP contribution in [-0.2, 0) is 0 Å². The molecule has 0 amide bonds. The predicted molar refractivity (Wildman–Crippen MR) is 77.2 cm³/mol. The van der Waals surface area contributed by atoms with Gasteiger partial charge in [0, 0.05) is 5.56 Å². The molecule has 19 heavy (non-hydrogen) atoms. The normalized spacial score (nSPS) is 10.3. The van der Waals surface area contributed by atoms with Crippen molar-refractivity contribution < 1.29 is 4.74 Å². The lowest BCUT2D eigenvalue weighted by Crippen LogP contribution is -1.91. The molecule has 96 valence electrons. The molecular formula is C17H17NO. The monoisotopic (exact) mass is 251 g/mol. The fourth-order valence-electron chi connectivity index (χ4n) is 2.05. The molecule has 2 nitrogen and oxygen atoms in total. The van der Waals surface area contributed by atoms with Gasteiger partial charge in [-0.15, -0.1) is 0 Å². The van der Waals surface area contributed by atoms with Gasteiger partial charge in [-0.25, -0.2) is 0 Å². The van der Waals surface area contributed by atoms with Crippen LogP contribution in [-0.4, -0.2) is 7.11 Å². The fraction of sp³-hybridized carbons (Fsp3) is 0.235. The quantitative estimate of drug-likeness (QED) is 0.812. The highest BCUT2D eigenvalue weighted by Gasteiger charge is 2.08. The summed E-state index contributed by atoms with van der Waals surface area (Å²) in [5.41, 5.74) is 3.91. The van der Waals surface area contributed by atoms with E-state index in [1.165, 1.54) is 5.56 Å². The van der Waals surface area contributed by atoms with E-state index in [9.17, 15) is 5.26 Å². The van der Waals surface area contributed by atoms with Gasteiger partial charge in [0.2, 0.25) is 0 Å². The molecule has 0 saturated carbocycles. The van der Waals surface area contributed by atoms with Crippen LogP contribution in [0.5, 0.6) is 5.75 Å². The average Bonchev–Trinajstić information content (AvgIpc) is 2.46. The van der Waals surface area contributed by atoms with Crippen LogP contribution in [0, 0.1) is 11.3 Å². The summed E-state index contributed by atoms with van der Waals surface area (Å²) in [6.07, 6.45) is 0. The first kappa shape index (κ1) is 13.2. The first-order chi connectivity index (χ1) is 9.15. The van der Waals surface area contributed by atoms with Crippen molar-refractivity contribution in [1.82, 2.24) is 0 Å². The molecule has 0 N–H and O–H groups in total. The van der Waals surface area contributed by atoms with Crippen LogP contribution < -0.4 is 4.74 Å². The molecule has 0 radical (unpaired) electrons. The van der Waals surface area contributed by atoms with Crippen molar-refractivity contribution in [2.75, 3.05) is 7.11 Å². The Labute approximate surface area is 114 Å². The van der Waals surface area contributed by atoms with Crippen LogP contribution in [0.25, 0.3) is 11.1 Å². The van der Waals surface area contributed by atoms with Gasteiger partial charge in [-0.2, -0.15) is 5.26 Å². The molecule has 0 fully saturated rings. The zero-order valence-electron chi connectivity index (χ0n) is 11.5. The Balaban J connectivity index is 2.57. The first-order valence-corrected chi connectivity index (χ1v) is 6.34. The van der Waals surface area contributed by atoms with Crippen molar-refractivity contribution in [3.05, 3.63) is 53.6 Å². The number of hydrogen-bond donors (Lipinski definition) is 0. The number of benzene rings is 2. The maximum Gasteiger partial charge on any atom is 0.119 e. The molecule has 0 aliphatic rings. The minimum Gasteiger partial charge on any atom is -0.497 e. The van der Waals surface area contributed by atoms with E-state index in [0.717, 1.165) is 16.9 Å². The van der Waals surface area contributed by atoms with Gasteiger partial charge < -0.3 is 4.74 Å². The van der Waals surface area contributed by atoms with Crippen molar-refractivity contribution in [3.63, 3.8) is 0 Å². The maximum absolute atomic E-state index is 9.23. The van der Waals surface area contributed by atoms with Crippen LogP contribution in [0.3, 0.4) is 0 Å². The Morgan fingerprint density at radius 3 is 2.53 bits per heavy atom. The Hall–Kier alpha value is -2.27. The van der Waals surface area contributed by atoms with Gasteiger partial charge in [0.25, 0.3) is 0 Å². The molecule has 0 aliphatic heterocycles. The molecule has 0 bridgehead atoms. The third kappa shape index (κ3) is 2.77. The molecular weight excluding hydrogens is 234 g/mol. The van der Waals surface area contributed by atoms with E-state index >= 15 is 0 Å². The van der Waals surface area contributed by atoms with Crippen LogP contribution in [0.15, 0.2) is 42.5 Å². The maximum atomic E-state index is 9.23. The zero-order valence-corrected chi connectivity index (χ0v) is 11.5. The minimum absolute atomic E-state index is 0.469. The average molecular weight is 251 g/mol. The van der Waals surface area contributed by atoms with Gasteiger partial charge in [-0.1, -0.05) is 38.1 Å². The number of nitrogens with zero attached hydrogens (tertiary/aromatic N) is 1. The van der Waals surface area contributed by atoms with Crippen molar-refractivity contribution in [2.24, 2.45) is 0 Å². The highest BCUT2D eigenvalue weighted by Crippen LogP contribution is 2.29. The van der Waals surface area contributed by atoms with Crippen LogP contribution >= 0.6 is 0 Å². The van der Waals surface area contributed by atoms with Gasteiger partial charge >= 0.3 is 0 Å². The molecule has 2 aromatic carbocycles. The van der Waals surface area contributed by atoms with E-state index in [0.29, 0.717) is 11.5 Å². The molecule has 0 spiro atoms. The van der Waals surface area contributed by atoms with Crippen molar-refractivity contribution in [3.8, 4) is 22.9 Å². The van der Waals surface area contributed by atoms with Crippen LogP contribution in [0.4, 0.5) is 0 Å². The highest BCUT2D eigenvalue weighted by molar-refractivity contribution is 5.72. The Morgan fingerprint density at radius 1 is 1.11 bits per heavy atom. The van der Waals surface area contributed by atoms with Gasteiger partial charge in [0.15, 0.2) is 0 Å². The predicted octanol–water partition coefficient (Wildman–Crippen LogP) is 4.36. The molecule has 2 rings (SSSR count). The topological polar surface area (TPSA) is 33.0 Å². The van der Waals surface area contributed by atoms with Crippen molar-refractivity contribution in [2.45, 2.75) is 19.8 Å². The summed E-state index contributed by atoms with van der Waals surface area (Å²) in [6, 6.07) is 16.1. The third-order valence-electron chi connectivity index (χ3n) is 3.21. The number of rotatable bonds is 3. The molecule has 0 aliphatic carbocycles. The first-order valence-electron chi connectivity index (χ1n) is 6.34. The lowest BCUT2D eigenvalue weighted by molar-refractivity contribution is 0.415. The van der Waals surface area contributed by atoms with E-state index in [4.69, 9.17) is 4.74 Å². The second-order valence-corrected chi connectivity index (χ2v) is 4.80. The van der Waals surface area contributed by atoms with Gasteiger partial charge in [0.1, 0.15) is 5.75 Å². The second kappa shape index (κ2) is 5.58. The molecule has 0 unspecified atom stereocenters. The van der Waals surface area contributed by atoms with Gasteiger partial charge in [-0.05, 0) is 35.2 Å². The van der Waals surface area contributed by atoms with E-state index in [2.05, 4.69) is 32.0 Å². The van der Waals surface area contributed by atoms with Crippen molar-refractivity contribution in [1.29, 1.82) is 5.26 Å². The summed E-state index contributed by atoms with van der Waals surface area (Å²) in [5.74, 6) is 1.24. The molecule has 0 aromatic heterocycles. The third-order valence-corrected chi connectivity index (χ3v) is 3.21. The summed E-state index contributed by atoms with van der Waals surface area (Å²) < 4.78 is 5.24. The lowest BCUT2D eigenvalue weighted by atomic mass is 9.95. The fourth-order valence-corrected chi connectivity index (χ4v) is 2.05. The summed E-state index contributed by atoms with van der Waals surface area (Å²) in [6.45, 7) is 4.33. The summed E-state index contributed by atoms with van der Waals surface area (Å²) in [4.78, 5) is 0. The summed E-state index contributed by atoms with van der Waals surface area (Å²) >= 11 is 0. The van der Waals surface area contributed by atoms with Crippen molar-refractivity contribution >= 4 is 0 Å². The number of ether oxygens (including phenoxy) is 1. The van der Waals surface area contributed by atoms with Crippen LogP contribution in [0.2, 0.25) is 0 Å². The number of methoxy groups -OCH3 is 1. The molecule has 0 saturated heterocycles. The summed E-state index contributed by atoms with van der Waals surface area (Å²) in [7, 11) is 1.63. The Bertz CT molecular complexity index is 623. The largest absolute Gasteiger partial charge is 0.497 e. The Kier molecular flexibility index (Phi) is 3.87. The molecule has 2 heteroatoms. The molecule has 2 aromatic rings. The number of nitriles is 1. The van der Waals surface area contributed by atoms with E-state index in [1.807, 2.05) is 24.3 Å². The van der Waals surface area contributed by atoms with Gasteiger partial charge in [0.05, 0.1) is 18.7 Å². The van der Waals surface area contributed by atoms with E-state index in [1.54, 1.807) is 13.2 Å². The lowest BCUT2D eigenvalue weighted by Gasteiger charge is -2.10. The van der Waals surface area contributed by atoms with E-state index < -0.39 is 0 Å². The van der Waals surface area contributed by atoms with Crippen LogP contribution in [0.1, 0.15) is 30.9 Å². The molecule has 0 heterocycles. The minimum atomic E-state index is 0.469. The second-order valence-electron chi connectivity index (χ2n) is 4.80. The Morgan fingerprint density at radius 2 is 1.89 bits per heavy atom. The molecule has 0 atom stereocenters. The smallest absolute Gasteiger partial charge is 0.119 e. The van der Waals surface area contributed by atoms with Gasteiger partial charge in [-0.3, -0.25) is 0 Å². The summed E-state index contributed by atoms with van der Waals surface area (Å²) in [5, 5.41) is 9.23. The standard InChI is InChI=1S/C17H17NO/c1-12(2)13-5-4-6-14(9-13)17-10-16(19-3)8-7-15(17)11-18/h4-10,12H,1-3H3.